The van der Waals surface area contributed by atoms with E-state index in [1.165, 1.54) is 12.1 Å². The Hall–Kier alpha value is -3.22. The predicted octanol–water partition coefficient (Wildman–Crippen LogP) is 3.67. The number of carbonyl (C=O) groups is 2. The number of fused-ring (bicyclic) bond motifs is 1. The maximum atomic E-state index is 13.6. The number of nitrogens with zero attached hydrogens (tertiary/aromatic N) is 3. The molecule has 0 spiro atoms. The predicted molar refractivity (Wildman–Crippen MR) is 107 cm³/mol. The number of esters is 1. The quantitative estimate of drug-likeness (QED) is 0.152. The van der Waals surface area contributed by atoms with Gasteiger partial charge in [0, 0.05) is 10.6 Å². The third-order valence-electron chi connectivity index (χ3n) is 4.31. The lowest BCUT2D eigenvalue weighted by Gasteiger charge is -2.30. The number of carbonyl (C=O) groups excluding carboxylic acids is 1. The molecule has 1 aliphatic heterocycles. The molecule has 1 aliphatic rings. The molecule has 0 unspecified atom stereocenters. The van der Waals surface area contributed by atoms with Gasteiger partial charge in [0.25, 0.3) is 6.79 Å². The van der Waals surface area contributed by atoms with E-state index >= 15 is 0 Å². The third-order valence-corrected chi connectivity index (χ3v) is 4.62. The van der Waals surface area contributed by atoms with E-state index in [9.17, 15) is 28.0 Å². The number of rotatable bonds is 7. The Morgan fingerprint density at radius 3 is 2.52 bits per heavy atom. The second-order valence-corrected chi connectivity index (χ2v) is 8.39. The Morgan fingerprint density at radius 2 is 1.97 bits per heavy atom. The summed E-state index contributed by atoms with van der Waals surface area (Å²) in [6, 6.07) is 2.78. The van der Waals surface area contributed by atoms with Crippen LogP contribution in [0.3, 0.4) is 0 Å². The highest BCUT2D eigenvalue weighted by Crippen LogP contribution is 2.42. The van der Waals surface area contributed by atoms with Crippen LogP contribution in [0.2, 0.25) is 5.02 Å². The topological polar surface area (TPSA) is 124 Å². The van der Waals surface area contributed by atoms with Gasteiger partial charge < -0.3 is 24.6 Å². The van der Waals surface area contributed by atoms with Crippen LogP contribution in [-0.4, -0.2) is 59.7 Å². The van der Waals surface area contributed by atoms with Gasteiger partial charge in [-0.25, -0.2) is 4.79 Å². The zero-order chi connectivity index (χ0) is 25.1. The highest BCUT2D eigenvalue weighted by atomic mass is 35.5. The molecule has 0 bridgehead atoms. The van der Waals surface area contributed by atoms with Crippen molar-refractivity contribution >= 4 is 29.6 Å². The monoisotopic (exact) mass is 495 g/mol. The molecular formula is C19H21ClF3N3O7. The number of hydrazine groups is 1. The van der Waals surface area contributed by atoms with Gasteiger partial charge in [0.15, 0.2) is 6.54 Å². The van der Waals surface area contributed by atoms with Crippen molar-refractivity contribution in [3.8, 4) is 5.75 Å². The van der Waals surface area contributed by atoms with Crippen LogP contribution in [0.25, 0.3) is 6.08 Å². The fraction of sp³-hybridized carbons (Fsp3) is 0.474. The van der Waals surface area contributed by atoms with Gasteiger partial charge in [-0.05, 0) is 29.2 Å². The number of ether oxygens (including phenoxy) is 2. The molecule has 2 rings (SSSR count). The molecule has 33 heavy (non-hydrogen) atoms. The number of hydrogen-bond donors (Lipinski definition) is 1. The van der Waals surface area contributed by atoms with Crippen molar-refractivity contribution in [3.05, 3.63) is 39.1 Å². The maximum Gasteiger partial charge on any atom is 0.430 e. The molecule has 1 aromatic carbocycles. The molecule has 1 heterocycles. The van der Waals surface area contributed by atoms with Crippen LogP contribution in [0, 0.1) is 5.21 Å². The van der Waals surface area contributed by atoms with E-state index in [-0.39, 0.29) is 21.3 Å². The SMILES string of the molecule is CN(CC(=O)O)/[N+]([O-])=N/OCOC(=O)C1=Cc2cc(Cl)c(C(C)(C)C)cc2O[C@@H]1C(F)(F)F. The standard InChI is InChI=1S/C19H21ClF3N3O7/c1-18(2,3)12-7-14-10(6-13(12)20)5-11(16(33-14)19(21,22)23)17(29)31-9-32-24-26(30)25(4)8-15(27)28/h5-7,16H,8-9H2,1-4H3,(H,27,28)/b26-24-/t16-/m0/s1. The van der Waals surface area contributed by atoms with E-state index in [4.69, 9.17) is 21.4 Å². The summed E-state index contributed by atoms with van der Waals surface area (Å²) >= 11 is 6.26. The first-order valence-electron chi connectivity index (χ1n) is 9.30. The summed E-state index contributed by atoms with van der Waals surface area (Å²) < 4.78 is 50.5. The van der Waals surface area contributed by atoms with Gasteiger partial charge in [-0.2, -0.15) is 13.2 Å². The molecular weight excluding hydrogens is 475 g/mol. The minimum Gasteiger partial charge on any atom is -0.569 e. The van der Waals surface area contributed by atoms with E-state index in [2.05, 4.69) is 14.9 Å². The molecule has 0 fully saturated rings. The number of hydrogen-bond acceptors (Lipinski definition) is 7. The summed E-state index contributed by atoms with van der Waals surface area (Å²) in [5.74, 6) is -2.85. The van der Waals surface area contributed by atoms with Gasteiger partial charge in [0.05, 0.1) is 17.6 Å². The Morgan fingerprint density at radius 1 is 1.33 bits per heavy atom. The number of likely N-dealkylation sites (N-methyl/N-ethyl adjacent to an activating group) is 1. The van der Waals surface area contributed by atoms with Gasteiger partial charge >= 0.3 is 18.1 Å². The van der Waals surface area contributed by atoms with Crippen molar-refractivity contribution < 1.29 is 47.1 Å². The largest absolute Gasteiger partial charge is 0.569 e. The number of aliphatic carboxylic acids is 1. The molecule has 1 N–H and O–H groups in total. The number of halogens is 4. The first kappa shape index (κ1) is 26.0. The number of benzene rings is 1. The molecule has 10 nitrogen and oxygen atoms in total. The third kappa shape index (κ3) is 6.63. The fourth-order valence-corrected chi connectivity index (χ4v) is 3.21. The van der Waals surface area contributed by atoms with Gasteiger partial charge in [0.2, 0.25) is 11.4 Å². The van der Waals surface area contributed by atoms with E-state index in [1.54, 1.807) is 0 Å². The average Bonchev–Trinajstić information content (AvgIpc) is 2.67. The zero-order valence-electron chi connectivity index (χ0n) is 18.0. The molecule has 1 aromatic rings. The molecule has 0 saturated heterocycles. The molecule has 1 atom stereocenters. The van der Waals surface area contributed by atoms with Crippen LogP contribution < -0.4 is 4.74 Å². The van der Waals surface area contributed by atoms with E-state index < -0.39 is 48.5 Å². The summed E-state index contributed by atoms with van der Waals surface area (Å²) in [4.78, 5) is 27.0. The van der Waals surface area contributed by atoms with Crippen molar-refractivity contribution in [2.45, 2.75) is 38.5 Å². The minimum absolute atomic E-state index is 0.0992. The van der Waals surface area contributed by atoms with Gasteiger partial charge in [0.1, 0.15) is 5.75 Å². The van der Waals surface area contributed by atoms with Crippen LogP contribution >= 0.6 is 11.6 Å². The van der Waals surface area contributed by atoms with Crippen molar-refractivity contribution in [2.24, 2.45) is 5.28 Å². The normalized spacial score (nSPS) is 16.3. The molecule has 14 heteroatoms. The van der Waals surface area contributed by atoms with Gasteiger partial charge in [-0.3, -0.25) is 4.79 Å². The van der Waals surface area contributed by atoms with Crippen molar-refractivity contribution in [1.82, 2.24) is 5.01 Å². The second-order valence-electron chi connectivity index (χ2n) is 7.98. The van der Waals surface area contributed by atoms with Crippen molar-refractivity contribution in [1.29, 1.82) is 0 Å². The summed E-state index contributed by atoms with van der Waals surface area (Å²) in [5, 5.41) is 23.8. The van der Waals surface area contributed by atoms with Crippen LogP contribution in [-0.2, 0) is 24.6 Å². The highest BCUT2D eigenvalue weighted by Gasteiger charge is 2.49. The number of carboxylic acids is 1. The van der Waals surface area contributed by atoms with Gasteiger partial charge in [-0.1, -0.05) is 32.4 Å². The zero-order valence-corrected chi connectivity index (χ0v) is 18.7. The molecule has 0 saturated carbocycles. The molecule has 0 radical (unpaired) electrons. The smallest absolute Gasteiger partial charge is 0.430 e. The maximum absolute atomic E-state index is 13.6. The van der Waals surface area contributed by atoms with Crippen LogP contribution in [0.4, 0.5) is 13.2 Å². The lowest BCUT2D eigenvalue weighted by atomic mass is 9.85. The van der Waals surface area contributed by atoms with Crippen molar-refractivity contribution in [3.63, 3.8) is 0 Å². The van der Waals surface area contributed by atoms with Crippen LogP contribution in [0.5, 0.6) is 5.75 Å². The average molecular weight is 496 g/mol. The molecule has 0 aliphatic carbocycles. The lowest BCUT2D eigenvalue weighted by Crippen LogP contribution is -2.41. The molecule has 182 valence electrons. The van der Waals surface area contributed by atoms with Crippen molar-refractivity contribution in [2.75, 3.05) is 20.4 Å². The fourth-order valence-electron chi connectivity index (χ4n) is 2.76. The van der Waals surface area contributed by atoms with E-state index in [0.29, 0.717) is 10.6 Å². The lowest BCUT2D eigenvalue weighted by molar-refractivity contribution is -0.704. The number of alkyl halides is 3. The summed E-state index contributed by atoms with van der Waals surface area (Å²) in [6.45, 7) is 3.77. The molecule has 0 amide bonds. The summed E-state index contributed by atoms with van der Waals surface area (Å²) in [6.07, 6.45) is -6.60. The first-order valence-corrected chi connectivity index (χ1v) is 9.68. The Balaban J connectivity index is 2.22. The summed E-state index contributed by atoms with van der Waals surface area (Å²) in [7, 11) is 1.09. The van der Waals surface area contributed by atoms with E-state index in [1.807, 2.05) is 20.8 Å². The first-order chi connectivity index (χ1) is 15.1. The number of carboxylic acid groups (broad SMARTS) is 1. The minimum atomic E-state index is -4.94. The Bertz CT molecular complexity index is 990. The van der Waals surface area contributed by atoms with E-state index in [0.717, 1.165) is 13.1 Å². The van der Waals surface area contributed by atoms with Crippen LogP contribution in [0.1, 0.15) is 31.9 Å². The second kappa shape index (κ2) is 9.73. The highest BCUT2D eigenvalue weighted by molar-refractivity contribution is 6.31. The van der Waals surface area contributed by atoms with Crippen LogP contribution in [0.15, 0.2) is 23.0 Å². The molecule has 0 aromatic heterocycles. The summed E-state index contributed by atoms with van der Waals surface area (Å²) in [5.41, 5.74) is -0.624. The Kier molecular flexibility index (Phi) is 7.68. The Labute approximate surface area is 191 Å². The van der Waals surface area contributed by atoms with Gasteiger partial charge in [-0.15, -0.1) is 5.01 Å².